The van der Waals surface area contributed by atoms with Gasteiger partial charge in [-0.1, -0.05) is 24.3 Å². The van der Waals surface area contributed by atoms with Crippen molar-refractivity contribution in [3.8, 4) is 11.6 Å². The van der Waals surface area contributed by atoms with Gasteiger partial charge in [0.05, 0.1) is 0 Å². The van der Waals surface area contributed by atoms with Crippen LogP contribution in [0.25, 0.3) is 0 Å². The minimum atomic E-state index is -0.294. The van der Waals surface area contributed by atoms with E-state index in [2.05, 4.69) is 34.1 Å². The molecule has 2 aromatic rings. The number of primary amides is 1. The number of likely N-dealkylation sites (tertiary alicyclic amines) is 2. The lowest BCUT2D eigenvalue weighted by Crippen LogP contribution is -2.50. The number of hydrogen-bond donors (Lipinski definition) is 1. The Kier molecular flexibility index (Phi) is 3.89. The van der Waals surface area contributed by atoms with Gasteiger partial charge < -0.3 is 20.1 Å². The summed E-state index contributed by atoms with van der Waals surface area (Å²) < 4.78 is 11.7. The molecule has 1 aromatic carbocycles. The van der Waals surface area contributed by atoms with Crippen LogP contribution < -0.4 is 15.2 Å². The Balaban J connectivity index is 1.23. The number of urea groups is 1. The summed E-state index contributed by atoms with van der Waals surface area (Å²) in [7, 11) is 0. The van der Waals surface area contributed by atoms with Crippen molar-refractivity contribution >= 4 is 6.03 Å². The van der Waals surface area contributed by atoms with Gasteiger partial charge in [0.15, 0.2) is 11.9 Å². The number of rotatable bonds is 3. The Labute approximate surface area is 157 Å². The molecule has 5 rings (SSSR count). The van der Waals surface area contributed by atoms with Crippen molar-refractivity contribution in [3.05, 3.63) is 53.7 Å². The summed E-state index contributed by atoms with van der Waals surface area (Å²) in [4.78, 5) is 19.9. The number of fused-ring (bicyclic) bond motifs is 3. The molecule has 0 saturated carbocycles. The summed E-state index contributed by atoms with van der Waals surface area (Å²) in [6.45, 7) is 3.02. The molecule has 2 fully saturated rings. The van der Waals surface area contributed by atoms with E-state index in [-0.39, 0.29) is 18.2 Å². The van der Waals surface area contributed by atoms with Gasteiger partial charge in [-0.3, -0.25) is 4.90 Å². The average molecular weight is 366 g/mol. The number of nitrogens with zero attached hydrogens (tertiary/aromatic N) is 3. The summed E-state index contributed by atoms with van der Waals surface area (Å²) in [5.74, 6) is 1.24. The van der Waals surface area contributed by atoms with Crippen molar-refractivity contribution in [1.82, 2.24) is 14.8 Å². The number of hydrogen-bond acceptors (Lipinski definition) is 5. The zero-order valence-corrected chi connectivity index (χ0v) is 15.0. The summed E-state index contributed by atoms with van der Waals surface area (Å²) in [6, 6.07) is 12.6. The van der Waals surface area contributed by atoms with Crippen LogP contribution in [0.5, 0.6) is 11.6 Å². The van der Waals surface area contributed by atoms with Crippen molar-refractivity contribution in [3.63, 3.8) is 0 Å². The third-order valence-electron chi connectivity index (χ3n) is 5.75. The summed E-state index contributed by atoms with van der Waals surface area (Å²) in [6.07, 6.45) is 2.59. The first-order valence-electron chi connectivity index (χ1n) is 9.31. The topological polar surface area (TPSA) is 80.9 Å². The van der Waals surface area contributed by atoms with Crippen molar-refractivity contribution in [2.75, 3.05) is 19.7 Å². The average Bonchev–Trinajstić information content (AvgIpc) is 3.29. The largest absolute Gasteiger partial charge is 0.484 e. The molecular formula is C20H22N4O3. The smallest absolute Gasteiger partial charge is 0.315 e. The van der Waals surface area contributed by atoms with Crippen LogP contribution in [0.1, 0.15) is 23.7 Å². The summed E-state index contributed by atoms with van der Waals surface area (Å²) in [5, 5.41) is 0. The second kappa shape index (κ2) is 6.42. The molecule has 7 nitrogen and oxygen atoms in total. The molecule has 0 spiro atoms. The van der Waals surface area contributed by atoms with Gasteiger partial charge in [0.25, 0.3) is 5.88 Å². The molecule has 140 valence electrons. The number of amides is 2. The van der Waals surface area contributed by atoms with Gasteiger partial charge in [-0.2, -0.15) is 0 Å². The second-order valence-corrected chi connectivity index (χ2v) is 7.43. The molecule has 7 heteroatoms. The van der Waals surface area contributed by atoms with Gasteiger partial charge in [0, 0.05) is 37.9 Å². The van der Waals surface area contributed by atoms with Crippen LogP contribution in [-0.4, -0.2) is 52.6 Å². The van der Waals surface area contributed by atoms with E-state index in [0.717, 1.165) is 31.6 Å². The molecular weight excluding hydrogens is 344 g/mol. The number of piperazine rings is 1. The Bertz CT molecular complexity index is 857. The molecule has 2 bridgehead atoms. The molecule has 0 aliphatic carbocycles. The van der Waals surface area contributed by atoms with Gasteiger partial charge in [-0.05, 0) is 29.7 Å². The van der Waals surface area contributed by atoms with Crippen molar-refractivity contribution in [2.24, 2.45) is 5.73 Å². The molecule has 2 amide bonds. The highest BCUT2D eigenvalue weighted by Crippen LogP contribution is 2.34. The number of carbonyl (C=O) groups is 1. The first-order chi connectivity index (χ1) is 13.2. The highest BCUT2D eigenvalue weighted by Gasteiger charge is 2.44. The molecule has 2 N–H and O–H groups in total. The molecule has 4 heterocycles. The van der Waals surface area contributed by atoms with Crippen LogP contribution >= 0.6 is 0 Å². The monoisotopic (exact) mass is 366 g/mol. The number of benzene rings is 1. The van der Waals surface area contributed by atoms with Crippen LogP contribution in [0, 0.1) is 0 Å². The van der Waals surface area contributed by atoms with E-state index < -0.39 is 0 Å². The SMILES string of the molecule is NC(=O)N1CC2CC1CN2Cc1ccc(C2COc3cccnc3O2)cc1. The lowest BCUT2D eigenvalue weighted by Gasteiger charge is -2.33. The minimum absolute atomic E-state index is 0.145. The zero-order chi connectivity index (χ0) is 18.4. The van der Waals surface area contributed by atoms with Crippen LogP contribution in [0.2, 0.25) is 0 Å². The maximum atomic E-state index is 11.4. The summed E-state index contributed by atoms with van der Waals surface area (Å²) >= 11 is 0. The minimum Gasteiger partial charge on any atom is -0.484 e. The van der Waals surface area contributed by atoms with Gasteiger partial charge in [-0.15, -0.1) is 0 Å². The Morgan fingerprint density at radius 2 is 2.04 bits per heavy atom. The van der Waals surface area contributed by atoms with Crippen molar-refractivity contribution < 1.29 is 14.3 Å². The fraction of sp³-hybridized carbons (Fsp3) is 0.400. The Morgan fingerprint density at radius 3 is 2.78 bits per heavy atom. The van der Waals surface area contributed by atoms with E-state index in [1.807, 2.05) is 12.1 Å². The molecule has 3 atom stereocenters. The molecule has 2 saturated heterocycles. The molecule has 1 aromatic heterocycles. The number of ether oxygens (including phenoxy) is 2. The highest BCUT2D eigenvalue weighted by atomic mass is 16.6. The molecule has 3 aliphatic rings. The molecule has 27 heavy (non-hydrogen) atoms. The van der Waals surface area contributed by atoms with Gasteiger partial charge in [-0.25, -0.2) is 9.78 Å². The number of nitrogens with two attached hydrogens (primary N) is 1. The van der Waals surface area contributed by atoms with Crippen LogP contribution in [-0.2, 0) is 6.54 Å². The molecule has 0 radical (unpaired) electrons. The lowest BCUT2D eigenvalue weighted by atomic mass is 10.1. The van der Waals surface area contributed by atoms with Gasteiger partial charge in [0.1, 0.15) is 6.61 Å². The van der Waals surface area contributed by atoms with E-state index >= 15 is 0 Å². The van der Waals surface area contributed by atoms with E-state index in [0.29, 0.717) is 24.3 Å². The molecule has 3 aliphatic heterocycles. The quantitative estimate of drug-likeness (QED) is 0.898. The van der Waals surface area contributed by atoms with Crippen LogP contribution in [0.4, 0.5) is 4.79 Å². The first kappa shape index (κ1) is 16.4. The number of carbonyl (C=O) groups excluding carboxylic acids is 1. The maximum absolute atomic E-state index is 11.4. The van der Waals surface area contributed by atoms with E-state index in [1.54, 1.807) is 11.1 Å². The predicted octanol–water partition coefficient (Wildman–Crippen LogP) is 1.93. The third kappa shape index (κ3) is 2.98. The number of pyridine rings is 1. The van der Waals surface area contributed by atoms with E-state index in [4.69, 9.17) is 15.2 Å². The van der Waals surface area contributed by atoms with Crippen LogP contribution in [0.15, 0.2) is 42.6 Å². The van der Waals surface area contributed by atoms with Crippen molar-refractivity contribution in [2.45, 2.75) is 31.2 Å². The summed E-state index contributed by atoms with van der Waals surface area (Å²) in [5.41, 5.74) is 7.78. The highest BCUT2D eigenvalue weighted by molar-refractivity contribution is 5.73. The van der Waals surface area contributed by atoms with Crippen molar-refractivity contribution in [1.29, 1.82) is 0 Å². The predicted molar refractivity (Wildman–Crippen MR) is 98.4 cm³/mol. The number of aromatic nitrogens is 1. The molecule has 3 unspecified atom stereocenters. The normalized spacial score (nSPS) is 26.4. The first-order valence-corrected chi connectivity index (χ1v) is 9.31. The Morgan fingerprint density at radius 1 is 1.19 bits per heavy atom. The Hall–Kier alpha value is -2.80. The van der Waals surface area contributed by atoms with E-state index in [9.17, 15) is 4.79 Å². The third-order valence-corrected chi connectivity index (χ3v) is 5.75. The fourth-order valence-electron chi connectivity index (χ4n) is 4.36. The fourth-order valence-corrected chi connectivity index (χ4v) is 4.36. The zero-order valence-electron chi connectivity index (χ0n) is 15.0. The lowest BCUT2D eigenvalue weighted by molar-refractivity contribution is 0.0850. The standard InChI is InChI=1S/C20H22N4O3/c21-20(25)24-11-15-8-16(24)10-23(15)9-13-3-5-14(6-4-13)18-12-26-17-2-1-7-22-19(17)27-18/h1-7,15-16,18H,8-12H2,(H2,21,25). The van der Waals surface area contributed by atoms with Gasteiger partial charge >= 0.3 is 6.03 Å². The van der Waals surface area contributed by atoms with Crippen LogP contribution in [0.3, 0.4) is 0 Å². The second-order valence-electron chi connectivity index (χ2n) is 7.43. The maximum Gasteiger partial charge on any atom is 0.315 e. The van der Waals surface area contributed by atoms with Gasteiger partial charge in [0.2, 0.25) is 0 Å². The van der Waals surface area contributed by atoms with E-state index in [1.165, 1.54) is 5.56 Å².